The molecule has 0 fully saturated rings. The van der Waals surface area contributed by atoms with E-state index in [2.05, 4.69) is 217 Å². The molecular formula is C64H64N6. The smallest absolute Gasteiger partial charge is 0.165 e. The van der Waals surface area contributed by atoms with Crippen molar-refractivity contribution in [2.75, 3.05) is 0 Å². The van der Waals surface area contributed by atoms with E-state index in [1.807, 2.05) is 36.5 Å². The van der Waals surface area contributed by atoms with Crippen LogP contribution in [-0.2, 0) is 21.7 Å². The average Bonchev–Trinajstić information content (AvgIpc) is 3.35. The van der Waals surface area contributed by atoms with Gasteiger partial charge in [-0.25, -0.2) is 24.9 Å². The van der Waals surface area contributed by atoms with Gasteiger partial charge in [-0.1, -0.05) is 210 Å². The lowest BCUT2D eigenvalue weighted by Crippen LogP contribution is -2.10. The summed E-state index contributed by atoms with van der Waals surface area (Å²) in [6.45, 7) is 26.8. The summed E-state index contributed by atoms with van der Waals surface area (Å²) >= 11 is 0. The van der Waals surface area contributed by atoms with Crippen molar-refractivity contribution < 1.29 is 0 Å². The molecule has 9 rings (SSSR count). The van der Waals surface area contributed by atoms with E-state index >= 15 is 0 Å². The molecule has 0 saturated carbocycles. The summed E-state index contributed by atoms with van der Waals surface area (Å²) < 4.78 is 0. The van der Waals surface area contributed by atoms with Crippen molar-refractivity contribution in [2.24, 2.45) is 0 Å². The third kappa shape index (κ3) is 10.6. The van der Waals surface area contributed by atoms with Crippen molar-refractivity contribution in [1.29, 1.82) is 0 Å². The van der Waals surface area contributed by atoms with Crippen LogP contribution in [0.5, 0.6) is 0 Å². The Morgan fingerprint density at radius 2 is 0.514 bits per heavy atom. The molecule has 0 radical (unpaired) electrons. The van der Waals surface area contributed by atoms with Gasteiger partial charge in [0.2, 0.25) is 0 Å². The lowest BCUT2D eigenvalue weighted by molar-refractivity contribution is 0.590. The highest BCUT2D eigenvalue weighted by Gasteiger charge is 2.21. The van der Waals surface area contributed by atoms with Crippen LogP contribution in [0.3, 0.4) is 0 Å². The fourth-order valence-electron chi connectivity index (χ4n) is 8.54. The summed E-state index contributed by atoms with van der Waals surface area (Å²) in [7, 11) is 0. The van der Waals surface area contributed by atoms with Gasteiger partial charge >= 0.3 is 0 Å². The molecule has 70 heavy (non-hydrogen) atoms. The molecule has 350 valence electrons. The minimum atomic E-state index is 0.0120. The molecule has 4 aromatic heterocycles. The van der Waals surface area contributed by atoms with Gasteiger partial charge in [0.15, 0.2) is 17.5 Å². The Bertz CT molecular complexity index is 2940. The topological polar surface area (TPSA) is 77.3 Å². The molecule has 0 spiro atoms. The number of aromatic nitrogens is 6. The van der Waals surface area contributed by atoms with Crippen LogP contribution in [0.1, 0.15) is 105 Å². The molecule has 0 aliphatic rings. The summed E-state index contributed by atoms with van der Waals surface area (Å²) in [5.41, 5.74) is 16.8. The van der Waals surface area contributed by atoms with Crippen LogP contribution in [0.25, 0.3) is 90.5 Å². The Kier molecular flexibility index (Phi) is 12.6. The maximum atomic E-state index is 5.39. The van der Waals surface area contributed by atoms with Crippen molar-refractivity contribution >= 4 is 0 Å². The highest BCUT2D eigenvalue weighted by Crippen LogP contribution is 2.36. The SMILES string of the molecule is CC(C)(C)c1ccc(-c2cc(-c3nc(-c4ccc(-c5ccccc5)nc4)nc(-c4cc(-c5ccc(C(C)(C)C)cc5)nc(-c5ccc(C(C)(C)C)cc5)c4)n3)cc(-c3ccc(C(C)(C)C)cc3)n2)cc1. The standard InChI is InChI=1S/C64H64N6/c1-61(2,3)49-27-18-42(19-28-49)54-36-47(37-55(66-54)43-20-29-50(30-21-43)62(4,5)6)59-68-58(46-26-35-53(65-40-46)41-16-14-13-15-17-41)69-60(70-59)48-38-56(44-22-31-51(32-23-44)63(7,8)9)67-57(39-48)45-24-33-52(34-25-45)64(10,11)12/h13-40H,1-12H3. The zero-order valence-electron chi connectivity index (χ0n) is 42.8. The summed E-state index contributed by atoms with van der Waals surface area (Å²) in [6.07, 6.45) is 1.86. The first-order valence-electron chi connectivity index (χ1n) is 24.4. The molecule has 0 aliphatic heterocycles. The Balaban J connectivity index is 1.26. The maximum Gasteiger partial charge on any atom is 0.165 e. The summed E-state index contributed by atoms with van der Waals surface area (Å²) in [5, 5.41) is 0. The van der Waals surface area contributed by atoms with Gasteiger partial charge in [-0.2, -0.15) is 0 Å². The number of hydrogen-bond acceptors (Lipinski definition) is 6. The predicted octanol–water partition coefficient (Wildman–Crippen LogP) is 16.6. The quantitative estimate of drug-likeness (QED) is 0.151. The second kappa shape index (κ2) is 18.5. The predicted molar refractivity (Wildman–Crippen MR) is 291 cm³/mol. The van der Waals surface area contributed by atoms with E-state index in [1.54, 1.807) is 0 Å². The third-order valence-electron chi connectivity index (χ3n) is 13.1. The summed E-state index contributed by atoms with van der Waals surface area (Å²) in [4.78, 5) is 31.5. The first kappa shape index (κ1) is 47.6. The average molecular weight is 917 g/mol. The van der Waals surface area contributed by atoms with Crippen LogP contribution in [-0.4, -0.2) is 29.9 Å². The van der Waals surface area contributed by atoms with Crippen LogP contribution in [0.15, 0.2) is 170 Å². The van der Waals surface area contributed by atoms with Crippen LogP contribution < -0.4 is 0 Å². The van der Waals surface area contributed by atoms with E-state index in [1.165, 1.54) is 22.3 Å². The highest BCUT2D eigenvalue weighted by molar-refractivity contribution is 5.79. The van der Waals surface area contributed by atoms with Gasteiger partial charge in [-0.05, 0) is 80.3 Å². The first-order chi connectivity index (χ1) is 33.2. The molecule has 0 aliphatic carbocycles. The molecule has 0 unspecified atom stereocenters. The molecule has 0 N–H and O–H groups in total. The molecule has 0 amide bonds. The number of benzene rings is 5. The van der Waals surface area contributed by atoms with E-state index in [9.17, 15) is 0 Å². The van der Waals surface area contributed by atoms with Gasteiger partial charge in [0.05, 0.1) is 28.5 Å². The van der Waals surface area contributed by atoms with Gasteiger partial charge in [0, 0.05) is 50.7 Å². The van der Waals surface area contributed by atoms with Gasteiger partial charge in [0.1, 0.15) is 0 Å². The van der Waals surface area contributed by atoms with Crippen molar-refractivity contribution in [1.82, 2.24) is 29.9 Å². The van der Waals surface area contributed by atoms with E-state index in [0.717, 1.165) is 73.0 Å². The van der Waals surface area contributed by atoms with Crippen LogP contribution in [0.2, 0.25) is 0 Å². The van der Waals surface area contributed by atoms with Gasteiger partial charge in [-0.3, -0.25) is 4.98 Å². The summed E-state index contributed by atoms with van der Waals surface area (Å²) in [5.74, 6) is 1.57. The van der Waals surface area contributed by atoms with Crippen molar-refractivity contribution in [3.63, 3.8) is 0 Å². The lowest BCUT2D eigenvalue weighted by Gasteiger charge is -2.20. The zero-order chi connectivity index (χ0) is 49.6. The minimum absolute atomic E-state index is 0.0120. The van der Waals surface area contributed by atoms with E-state index in [-0.39, 0.29) is 21.7 Å². The second-order valence-corrected chi connectivity index (χ2v) is 22.7. The molecule has 0 atom stereocenters. The van der Waals surface area contributed by atoms with Crippen LogP contribution in [0.4, 0.5) is 0 Å². The molecule has 5 aromatic carbocycles. The molecule has 9 aromatic rings. The largest absolute Gasteiger partial charge is 0.255 e. The molecule has 4 heterocycles. The van der Waals surface area contributed by atoms with Crippen LogP contribution >= 0.6 is 0 Å². The van der Waals surface area contributed by atoms with Gasteiger partial charge in [-0.15, -0.1) is 0 Å². The van der Waals surface area contributed by atoms with Crippen LogP contribution in [0, 0.1) is 0 Å². The zero-order valence-corrected chi connectivity index (χ0v) is 42.8. The second-order valence-electron chi connectivity index (χ2n) is 22.7. The molecular weight excluding hydrogens is 853 g/mol. The van der Waals surface area contributed by atoms with Gasteiger partial charge < -0.3 is 0 Å². The Labute approximate surface area is 415 Å². The fraction of sp³-hybridized carbons (Fsp3) is 0.250. The normalized spacial score (nSPS) is 12.3. The Hall–Kier alpha value is -7.44. The fourth-order valence-corrected chi connectivity index (χ4v) is 8.54. The molecule has 0 saturated heterocycles. The molecule has 6 heteroatoms. The molecule has 0 bridgehead atoms. The number of rotatable bonds is 8. The molecule has 6 nitrogen and oxygen atoms in total. The van der Waals surface area contributed by atoms with Crippen molar-refractivity contribution in [3.05, 3.63) is 192 Å². The number of pyridine rings is 3. The van der Waals surface area contributed by atoms with E-state index < -0.39 is 0 Å². The Morgan fingerprint density at radius 1 is 0.243 bits per heavy atom. The monoisotopic (exact) mass is 917 g/mol. The van der Waals surface area contributed by atoms with Crippen molar-refractivity contribution in [3.8, 4) is 90.5 Å². The third-order valence-corrected chi connectivity index (χ3v) is 13.1. The van der Waals surface area contributed by atoms with Crippen molar-refractivity contribution in [2.45, 2.75) is 105 Å². The van der Waals surface area contributed by atoms with E-state index in [0.29, 0.717) is 17.5 Å². The first-order valence-corrected chi connectivity index (χ1v) is 24.4. The maximum absolute atomic E-state index is 5.39. The van der Waals surface area contributed by atoms with Gasteiger partial charge in [0.25, 0.3) is 0 Å². The highest BCUT2D eigenvalue weighted by atomic mass is 15.0. The van der Waals surface area contributed by atoms with E-state index in [4.69, 9.17) is 29.9 Å². The Morgan fingerprint density at radius 3 is 0.786 bits per heavy atom. The number of hydrogen-bond donors (Lipinski definition) is 0. The lowest BCUT2D eigenvalue weighted by atomic mass is 9.86. The minimum Gasteiger partial charge on any atom is -0.255 e. The summed E-state index contributed by atoms with van der Waals surface area (Å²) in [6, 6.07) is 57.7. The number of nitrogens with zero attached hydrogens (tertiary/aromatic N) is 6.